The van der Waals surface area contributed by atoms with Crippen molar-refractivity contribution >= 4 is 17.8 Å². The van der Waals surface area contributed by atoms with Crippen molar-refractivity contribution in [1.82, 2.24) is 4.90 Å². The quantitative estimate of drug-likeness (QED) is 0.588. The second kappa shape index (κ2) is 5.74. The van der Waals surface area contributed by atoms with Gasteiger partial charge in [-0.3, -0.25) is 14.4 Å². The summed E-state index contributed by atoms with van der Waals surface area (Å²) in [6.45, 7) is 0.350. The van der Waals surface area contributed by atoms with Crippen molar-refractivity contribution in [1.29, 1.82) is 0 Å². The van der Waals surface area contributed by atoms with Crippen molar-refractivity contribution in [2.24, 2.45) is 0 Å². The molecule has 0 rings (SSSR count). The minimum absolute atomic E-state index is 0.616. The van der Waals surface area contributed by atoms with Crippen LogP contribution < -0.4 is 0 Å². The van der Waals surface area contributed by atoms with Gasteiger partial charge in [-0.1, -0.05) is 6.08 Å². The minimum atomic E-state index is -1.25. The molecule has 0 aliphatic rings. The van der Waals surface area contributed by atoms with Crippen molar-refractivity contribution in [3.8, 4) is 0 Å². The van der Waals surface area contributed by atoms with Crippen LogP contribution in [0.5, 0.6) is 0 Å². The van der Waals surface area contributed by atoms with E-state index in [0.29, 0.717) is 0 Å². The fourth-order valence-corrected chi connectivity index (χ4v) is 0.786. The first-order valence-corrected chi connectivity index (χ1v) is 3.82. The van der Waals surface area contributed by atoms with E-state index < -0.39 is 30.9 Å². The second-order valence-electron chi connectivity index (χ2n) is 2.48. The fraction of sp³-hybridized carbons (Fsp3) is 0.375. The van der Waals surface area contributed by atoms with Gasteiger partial charge in [0.2, 0.25) is 5.91 Å². The van der Waals surface area contributed by atoms with Crippen LogP contribution in [0.1, 0.15) is 6.92 Å². The van der Waals surface area contributed by atoms with E-state index in [2.05, 4.69) is 0 Å². The lowest BCUT2D eigenvalue weighted by molar-refractivity contribution is -0.147. The van der Waals surface area contributed by atoms with Crippen molar-refractivity contribution in [2.75, 3.05) is 13.1 Å². The topological polar surface area (TPSA) is 94.9 Å². The molecule has 0 aromatic carbocycles. The van der Waals surface area contributed by atoms with Crippen LogP contribution in [-0.2, 0) is 14.4 Å². The van der Waals surface area contributed by atoms with Crippen LogP contribution in [0.2, 0.25) is 0 Å². The molecule has 2 N–H and O–H groups in total. The van der Waals surface area contributed by atoms with Crippen molar-refractivity contribution in [3.63, 3.8) is 0 Å². The number of carboxylic acid groups (broad SMARTS) is 2. The number of carbonyl (C=O) groups excluding carboxylic acids is 1. The largest absolute Gasteiger partial charge is 0.480 e. The van der Waals surface area contributed by atoms with Crippen LogP contribution in [0.15, 0.2) is 12.2 Å². The third kappa shape index (κ3) is 4.91. The van der Waals surface area contributed by atoms with E-state index in [4.69, 9.17) is 10.2 Å². The third-order valence-electron chi connectivity index (χ3n) is 1.27. The van der Waals surface area contributed by atoms with Gasteiger partial charge in [0.05, 0.1) is 0 Å². The zero-order valence-corrected chi connectivity index (χ0v) is 7.64. The maximum Gasteiger partial charge on any atom is 0.323 e. The molecular weight excluding hydrogens is 190 g/mol. The molecule has 1 amide bonds. The maximum atomic E-state index is 11.1. The van der Waals surface area contributed by atoms with Gasteiger partial charge in [-0.25, -0.2) is 0 Å². The van der Waals surface area contributed by atoms with E-state index in [-0.39, 0.29) is 0 Å². The van der Waals surface area contributed by atoms with Gasteiger partial charge >= 0.3 is 11.9 Å². The molecule has 14 heavy (non-hydrogen) atoms. The molecule has 0 aromatic heterocycles. The highest BCUT2D eigenvalue weighted by molar-refractivity contribution is 5.92. The SMILES string of the molecule is C/C=C/C(=O)N(CC(=O)O)CC(=O)O. The van der Waals surface area contributed by atoms with Crippen molar-refractivity contribution < 1.29 is 24.6 Å². The molecule has 0 fully saturated rings. The Morgan fingerprint density at radius 3 is 1.86 bits per heavy atom. The molecular formula is C8H11NO5. The number of rotatable bonds is 5. The Balaban J connectivity index is 4.45. The summed E-state index contributed by atoms with van der Waals surface area (Å²) in [5.74, 6) is -3.12. The normalized spacial score (nSPS) is 10.1. The first-order chi connectivity index (χ1) is 6.47. The zero-order valence-electron chi connectivity index (χ0n) is 7.64. The Morgan fingerprint density at radius 1 is 1.14 bits per heavy atom. The molecule has 0 saturated carbocycles. The Hall–Kier alpha value is -1.85. The van der Waals surface area contributed by atoms with Crippen LogP contribution in [0, 0.1) is 0 Å². The highest BCUT2D eigenvalue weighted by Gasteiger charge is 2.16. The maximum absolute atomic E-state index is 11.1. The summed E-state index contributed by atoms with van der Waals surface area (Å²) < 4.78 is 0. The van der Waals surface area contributed by atoms with Crippen molar-refractivity contribution in [3.05, 3.63) is 12.2 Å². The number of hydrogen-bond acceptors (Lipinski definition) is 3. The first-order valence-electron chi connectivity index (χ1n) is 3.82. The summed E-state index contributed by atoms with van der Waals surface area (Å²) in [7, 11) is 0. The van der Waals surface area contributed by atoms with Gasteiger partial charge in [0.15, 0.2) is 0 Å². The van der Waals surface area contributed by atoms with Gasteiger partial charge in [-0.05, 0) is 13.0 Å². The van der Waals surface area contributed by atoms with Gasteiger partial charge in [0.1, 0.15) is 13.1 Å². The summed E-state index contributed by atoms with van der Waals surface area (Å²) in [5.41, 5.74) is 0. The number of aliphatic carboxylic acids is 2. The lowest BCUT2D eigenvalue weighted by Crippen LogP contribution is -2.38. The van der Waals surface area contributed by atoms with Crippen LogP contribution in [0.25, 0.3) is 0 Å². The van der Waals surface area contributed by atoms with Gasteiger partial charge in [-0.15, -0.1) is 0 Å². The fourth-order valence-electron chi connectivity index (χ4n) is 0.786. The summed E-state index contributed by atoms with van der Waals surface area (Å²) in [5, 5.41) is 16.8. The molecule has 0 radical (unpaired) electrons. The van der Waals surface area contributed by atoms with Crippen LogP contribution in [0.3, 0.4) is 0 Å². The van der Waals surface area contributed by atoms with Gasteiger partial charge in [0, 0.05) is 0 Å². The predicted octanol–water partition coefficient (Wildman–Crippen LogP) is -0.440. The number of amides is 1. The zero-order chi connectivity index (χ0) is 11.1. The van der Waals surface area contributed by atoms with E-state index in [1.807, 2.05) is 0 Å². The molecule has 78 valence electrons. The Bertz CT molecular complexity index is 255. The summed E-state index contributed by atoms with van der Waals surface area (Å²) >= 11 is 0. The second-order valence-corrected chi connectivity index (χ2v) is 2.48. The number of carbonyl (C=O) groups is 3. The summed E-state index contributed by atoms with van der Waals surface area (Å²) in [6.07, 6.45) is 2.53. The van der Waals surface area contributed by atoms with Crippen LogP contribution >= 0.6 is 0 Å². The van der Waals surface area contributed by atoms with Gasteiger partial charge in [0.25, 0.3) is 0 Å². The highest BCUT2D eigenvalue weighted by Crippen LogP contribution is 1.92. The third-order valence-corrected chi connectivity index (χ3v) is 1.27. The van der Waals surface area contributed by atoms with E-state index in [1.165, 1.54) is 6.08 Å². The molecule has 0 aliphatic heterocycles. The summed E-state index contributed by atoms with van der Waals surface area (Å²) in [6, 6.07) is 0. The molecule has 0 spiro atoms. The highest BCUT2D eigenvalue weighted by atomic mass is 16.4. The Morgan fingerprint density at radius 2 is 1.57 bits per heavy atom. The molecule has 6 heteroatoms. The average molecular weight is 201 g/mol. The lowest BCUT2D eigenvalue weighted by atomic mass is 10.4. The first kappa shape index (κ1) is 12.2. The Kier molecular flexibility index (Phi) is 4.98. The van der Waals surface area contributed by atoms with E-state index in [0.717, 1.165) is 11.0 Å². The van der Waals surface area contributed by atoms with Crippen molar-refractivity contribution in [2.45, 2.75) is 6.92 Å². The number of allylic oxidation sites excluding steroid dienone is 1. The van der Waals surface area contributed by atoms with E-state index in [1.54, 1.807) is 6.92 Å². The van der Waals surface area contributed by atoms with Gasteiger partial charge < -0.3 is 15.1 Å². The van der Waals surface area contributed by atoms with Gasteiger partial charge in [-0.2, -0.15) is 0 Å². The minimum Gasteiger partial charge on any atom is -0.480 e. The van der Waals surface area contributed by atoms with Crippen LogP contribution in [0.4, 0.5) is 0 Å². The van der Waals surface area contributed by atoms with E-state index >= 15 is 0 Å². The molecule has 0 aliphatic carbocycles. The molecule has 0 bridgehead atoms. The van der Waals surface area contributed by atoms with Crippen LogP contribution in [-0.4, -0.2) is 46.0 Å². The predicted molar refractivity (Wildman–Crippen MR) is 46.7 cm³/mol. The number of nitrogens with zero attached hydrogens (tertiary/aromatic N) is 1. The molecule has 0 aromatic rings. The molecule has 0 unspecified atom stereocenters. The number of hydrogen-bond donors (Lipinski definition) is 2. The number of carboxylic acids is 2. The average Bonchev–Trinajstić information content (AvgIpc) is 2.01. The monoisotopic (exact) mass is 201 g/mol. The smallest absolute Gasteiger partial charge is 0.323 e. The molecule has 0 atom stereocenters. The summed E-state index contributed by atoms with van der Waals surface area (Å²) in [4.78, 5) is 32.4. The van der Waals surface area contributed by atoms with E-state index in [9.17, 15) is 14.4 Å². The molecule has 6 nitrogen and oxygen atoms in total. The standard InChI is InChI=1S/C8H11NO5/c1-2-3-6(10)9(4-7(11)12)5-8(13)14/h2-3H,4-5H2,1H3,(H,11,12)(H,13,14)/b3-2+. The molecule has 0 heterocycles. The Labute approximate surface area is 80.4 Å². The lowest BCUT2D eigenvalue weighted by Gasteiger charge is -2.15. The molecule has 0 saturated heterocycles.